The van der Waals surface area contributed by atoms with Gasteiger partial charge in [0.25, 0.3) is 0 Å². The SMILES string of the molecule is CC[C@H](NS(=O)(=O)CCCC#N)c1ccc(OC)cc1. The molecule has 0 fully saturated rings. The topological polar surface area (TPSA) is 79.2 Å². The van der Waals surface area contributed by atoms with Gasteiger partial charge in [-0.1, -0.05) is 19.1 Å². The van der Waals surface area contributed by atoms with Gasteiger partial charge in [0.2, 0.25) is 10.0 Å². The van der Waals surface area contributed by atoms with E-state index in [0.717, 1.165) is 11.3 Å². The average Bonchev–Trinajstić information content (AvgIpc) is 2.45. The molecular formula is C14H20N2O3S. The first-order valence-corrected chi connectivity index (χ1v) is 8.18. The van der Waals surface area contributed by atoms with Crippen LogP contribution in [0.2, 0.25) is 0 Å². The summed E-state index contributed by atoms with van der Waals surface area (Å²) < 4.78 is 31.6. The highest BCUT2D eigenvalue weighted by atomic mass is 32.2. The van der Waals surface area contributed by atoms with Crippen molar-refractivity contribution < 1.29 is 13.2 Å². The quantitative estimate of drug-likeness (QED) is 0.747. The summed E-state index contributed by atoms with van der Waals surface area (Å²) in [5.74, 6) is 0.716. The van der Waals surface area contributed by atoms with E-state index in [9.17, 15) is 8.42 Å². The number of nitrogens with one attached hydrogen (secondary N) is 1. The zero-order valence-corrected chi connectivity index (χ0v) is 12.6. The van der Waals surface area contributed by atoms with Gasteiger partial charge in [-0.15, -0.1) is 0 Å². The van der Waals surface area contributed by atoms with Gasteiger partial charge in [-0.3, -0.25) is 0 Å². The molecule has 0 spiro atoms. The number of hydrogen-bond donors (Lipinski definition) is 1. The molecule has 6 heteroatoms. The highest BCUT2D eigenvalue weighted by Crippen LogP contribution is 2.21. The molecule has 1 rings (SSSR count). The summed E-state index contributed by atoms with van der Waals surface area (Å²) in [5.41, 5.74) is 0.900. The van der Waals surface area contributed by atoms with Crippen LogP contribution >= 0.6 is 0 Å². The van der Waals surface area contributed by atoms with Crippen molar-refractivity contribution in [2.45, 2.75) is 32.2 Å². The first-order chi connectivity index (χ1) is 9.52. The number of nitriles is 1. The number of benzene rings is 1. The highest BCUT2D eigenvalue weighted by Gasteiger charge is 2.17. The molecule has 0 unspecified atom stereocenters. The Hall–Kier alpha value is -1.58. The van der Waals surface area contributed by atoms with Crippen LogP contribution in [0.25, 0.3) is 0 Å². The summed E-state index contributed by atoms with van der Waals surface area (Å²) in [4.78, 5) is 0. The minimum absolute atomic E-state index is 0.0206. The lowest BCUT2D eigenvalue weighted by Crippen LogP contribution is -2.30. The van der Waals surface area contributed by atoms with Crippen LogP contribution in [0.15, 0.2) is 24.3 Å². The average molecular weight is 296 g/mol. The van der Waals surface area contributed by atoms with Crippen LogP contribution in [0.3, 0.4) is 0 Å². The van der Waals surface area contributed by atoms with Crippen LogP contribution in [0, 0.1) is 11.3 Å². The molecule has 110 valence electrons. The van der Waals surface area contributed by atoms with Crippen LogP contribution in [-0.2, 0) is 10.0 Å². The lowest BCUT2D eigenvalue weighted by atomic mass is 10.1. The van der Waals surface area contributed by atoms with Gasteiger partial charge >= 0.3 is 0 Å². The normalized spacial score (nSPS) is 12.7. The zero-order chi connectivity index (χ0) is 15.0. The molecule has 1 atom stereocenters. The van der Waals surface area contributed by atoms with Gasteiger partial charge in [0.1, 0.15) is 5.75 Å². The summed E-state index contributed by atoms with van der Waals surface area (Å²) in [6, 6.07) is 9.01. The number of unbranched alkanes of at least 4 members (excludes halogenated alkanes) is 1. The first kappa shape index (κ1) is 16.5. The maximum atomic E-state index is 11.9. The Bertz CT molecular complexity index is 547. The van der Waals surface area contributed by atoms with Crippen LogP contribution in [-0.4, -0.2) is 21.3 Å². The second-order valence-electron chi connectivity index (χ2n) is 4.43. The Morgan fingerprint density at radius 2 is 2.00 bits per heavy atom. The first-order valence-electron chi connectivity index (χ1n) is 6.53. The third-order valence-corrected chi connectivity index (χ3v) is 4.42. The van der Waals surface area contributed by atoms with Crippen LogP contribution < -0.4 is 9.46 Å². The maximum absolute atomic E-state index is 11.9. The second kappa shape index (κ2) is 7.88. The fourth-order valence-corrected chi connectivity index (χ4v) is 3.22. The number of sulfonamides is 1. The molecular weight excluding hydrogens is 276 g/mol. The van der Waals surface area contributed by atoms with Crippen molar-refractivity contribution in [3.63, 3.8) is 0 Å². The zero-order valence-electron chi connectivity index (χ0n) is 11.8. The van der Waals surface area contributed by atoms with E-state index in [1.807, 2.05) is 37.3 Å². The number of hydrogen-bond acceptors (Lipinski definition) is 4. The summed E-state index contributed by atoms with van der Waals surface area (Å²) in [6.45, 7) is 1.92. The summed E-state index contributed by atoms with van der Waals surface area (Å²) >= 11 is 0. The Labute approximate surface area is 120 Å². The second-order valence-corrected chi connectivity index (χ2v) is 6.31. The van der Waals surface area contributed by atoms with Crippen molar-refractivity contribution in [2.75, 3.05) is 12.9 Å². The third-order valence-electron chi connectivity index (χ3n) is 2.95. The summed E-state index contributed by atoms with van der Waals surface area (Å²) in [5, 5.41) is 8.44. The lowest BCUT2D eigenvalue weighted by molar-refractivity contribution is 0.414. The molecule has 20 heavy (non-hydrogen) atoms. The summed E-state index contributed by atoms with van der Waals surface area (Å²) in [7, 11) is -1.77. The molecule has 0 aliphatic carbocycles. The fraction of sp³-hybridized carbons (Fsp3) is 0.500. The molecule has 0 aromatic heterocycles. The summed E-state index contributed by atoms with van der Waals surface area (Å²) in [6.07, 6.45) is 1.26. The van der Waals surface area contributed by atoms with Gasteiger partial charge in [0, 0.05) is 12.5 Å². The molecule has 0 aliphatic heterocycles. The molecule has 0 saturated carbocycles. The fourth-order valence-electron chi connectivity index (χ4n) is 1.84. The minimum Gasteiger partial charge on any atom is -0.497 e. The van der Waals surface area contributed by atoms with Crippen molar-refractivity contribution in [1.82, 2.24) is 4.72 Å². The molecule has 0 heterocycles. The van der Waals surface area contributed by atoms with E-state index in [0.29, 0.717) is 12.8 Å². The van der Waals surface area contributed by atoms with Crippen LogP contribution in [0.4, 0.5) is 0 Å². The Kier molecular flexibility index (Phi) is 6.49. The maximum Gasteiger partial charge on any atom is 0.212 e. The molecule has 0 saturated heterocycles. The van der Waals surface area contributed by atoms with E-state index < -0.39 is 10.0 Å². The van der Waals surface area contributed by atoms with Gasteiger partial charge in [0.15, 0.2) is 0 Å². The van der Waals surface area contributed by atoms with Crippen molar-refractivity contribution in [1.29, 1.82) is 5.26 Å². The van der Waals surface area contributed by atoms with E-state index in [2.05, 4.69) is 4.72 Å². The van der Waals surface area contributed by atoms with E-state index in [1.54, 1.807) is 7.11 Å². The largest absolute Gasteiger partial charge is 0.497 e. The predicted molar refractivity (Wildman–Crippen MR) is 77.8 cm³/mol. The van der Waals surface area contributed by atoms with Crippen molar-refractivity contribution in [3.05, 3.63) is 29.8 Å². The van der Waals surface area contributed by atoms with Crippen molar-refractivity contribution >= 4 is 10.0 Å². The molecule has 0 aliphatic rings. The number of ether oxygens (including phenoxy) is 1. The molecule has 5 nitrogen and oxygen atoms in total. The Morgan fingerprint density at radius 1 is 1.35 bits per heavy atom. The lowest BCUT2D eigenvalue weighted by Gasteiger charge is -2.17. The number of rotatable bonds is 8. The Morgan fingerprint density at radius 3 is 2.50 bits per heavy atom. The molecule has 1 aromatic carbocycles. The molecule has 0 bridgehead atoms. The van der Waals surface area contributed by atoms with E-state index >= 15 is 0 Å². The van der Waals surface area contributed by atoms with Crippen LogP contribution in [0.5, 0.6) is 5.75 Å². The van der Waals surface area contributed by atoms with E-state index in [1.165, 1.54) is 0 Å². The Balaban J connectivity index is 2.73. The molecule has 1 aromatic rings. The minimum atomic E-state index is -3.36. The molecule has 0 radical (unpaired) electrons. The van der Waals surface area contributed by atoms with Gasteiger partial charge in [-0.2, -0.15) is 5.26 Å². The van der Waals surface area contributed by atoms with Gasteiger partial charge in [0.05, 0.1) is 18.9 Å². The van der Waals surface area contributed by atoms with Crippen LogP contribution in [0.1, 0.15) is 37.8 Å². The predicted octanol–water partition coefficient (Wildman–Crippen LogP) is 2.37. The number of nitrogens with zero attached hydrogens (tertiary/aromatic N) is 1. The smallest absolute Gasteiger partial charge is 0.212 e. The van der Waals surface area contributed by atoms with Crippen molar-refractivity contribution in [2.24, 2.45) is 0 Å². The molecule has 1 N–H and O–H groups in total. The van der Waals surface area contributed by atoms with Crippen molar-refractivity contribution in [3.8, 4) is 11.8 Å². The highest BCUT2D eigenvalue weighted by molar-refractivity contribution is 7.89. The monoisotopic (exact) mass is 296 g/mol. The van der Waals surface area contributed by atoms with Gasteiger partial charge in [-0.05, 0) is 30.5 Å². The third kappa shape index (κ3) is 5.19. The van der Waals surface area contributed by atoms with Gasteiger partial charge < -0.3 is 4.74 Å². The van der Waals surface area contributed by atoms with E-state index in [-0.39, 0.29) is 18.2 Å². The van der Waals surface area contributed by atoms with Gasteiger partial charge in [-0.25, -0.2) is 13.1 Å². The van der Waals surface area contributed by atoms with E-state index in [4.69, 9.17) is 10.00 Å². The standard InChI is InChI=1S/C14H20N2O3S/c1-3-14(12-6-8-13(19-2)9-7-12)16-20(17,18)11-5-4-10-15/h6-9,14,16H,3-5,11H2,1-2H3/t14-/m0/s1. The molecule has 0 amide bonds. The number of methoxy groups -OCH3 is 1.